The van der Waals surface area contributed by atoms with Gasteiger partial charge >= 0.3 is 0 Å². The van der Waals surface area contributed by atoms with Crippen LogP contribution < -0.4 is 10.2 Å². The third-order valence-corrected chi connectivity index (χ3v) is 2.78. The van der Waals surface area contributed by atoms with Crippen LogP contribution in [0.15, 0.2) is 11.2 Å². The fourth-order valence-corrected chi connectivity index (χ4v) is 1.72. The van der Waals surface area contributed by atoms with Crippen molar-refractivity contribution in [1.82, 2.24) is 9.97 Å². The van der Waals surface area contributed by atoms with Crippen molar-refractivity contribution in [3.8, 4) is 0 Å². The molecular weight excluding hydrogens is 258 g/mol. The van der Waals surface area contributed by atoms with Crippen LogP contribution in [0.4, 0.5) is 20.4 Å². The Kier molecular flexibility index (Phi) is 6.11. The van der Waals surface area contributed by atoms with E-state index in [9.17, 15) is 8.78 Å². The van der Waals surface area contributed by atoms with Crippen molar-refractivity contribution in [1.29, 1.82) is 0 Å². The van der Waals surface area contributed by atoms with Crippen LogP contribution in [0.3, 0.4) is 0 Å². The molecule has 1 N–H and O–H groups in total. The summed E-state index contributed by atoms with van der Waals surface area (Å²) in [5.74, 6) is 1.18. The Hall–Kier alpha value is -1.11. The third-order valence-electron chi connectivity index (χ3n) is 2.23. The molecule has 0 atom stereocenters. The number of hydrogen-bond acceptors (Lipinski definition) is 5. The molecule has 102 valence electrons. The Morgan fingerprint density at radius 1 is 1.44 bits per heavy atom. The van der Waals surface area contributed by atoms with E-state index in [2.05, 4.69) is 15.3 Å². The van der Waals surface area contributed by atoms with Crippen LogP contribution in [0, 0.1) is 0 Å². The maximum atomic E-state index is 12.4. The highest BCUT2D eigenvalue weighted by Gasteiger charge is 2.12. The monoisotopic (exact) mass is 276 g/mol. The summed E-state index contributed by atoms with van der Waals surface area (Å²) in [5, 5.41) is 3.72. The highest BCUT2D eigenvalue weighted by atomic mass is 32.2. The first kappa shape index (κ1) is 14.9. The van der Waals surface area contributed by atoms with E-state index in [1.165, 1.54) is 16.7 Å². The van der Waals surface area contributed by atoms with Gasteiger partial charge in [-0.25, -0.2) is 18.7 Å². The van der Waals surface area contributed by atoms with Crippen LogP contribution in [0.5, 0.6) is 0 Å². The molecule has 0 radical (unpaired) electrons. The first-order valence-electron chi connectivity index (χ1n) is 5.73. The summed E-state index contributed by atoms with van der Waals surface area (Å²) in [4.78, 5) is 9.93. The van der Waals surface area contributed by atoms with Crippen LogP contribution in [0.2, 0.25) is 0 Å². The molecule has 0 saturated carbocycles. The molecule has 1 heterocycles. The van der Waals surface area contributed by atoms with Crippen LogP contribution in [-0.2, 0) is 0 Å². The number of hydrogen-bond donors (Lipinski definition) is 1. The highest BCUT2D eigenvalue weighted by molar-refractivity contribution is 7.98. The van der Waals surface area contributed by atoms with Gasteiger partial charge in [0.05, 0.1) is 6.54 Å². The summed E-state index contributed by atoms with van der Waals surface area (Å²) in [5.41, 5.74) is 0. The van der Waals surface area contributed by atoms with Gasteiger partial charge < -0.3 is 10.2 Å². The van der Waals surface area contributed by atoms with Crippen LogP contribution in [0.25, 0.3) is 0 Å². The lowest BCUT2D eigenvalue weighted by molar-refractivity contribution is 0.156. The number of anilines is 2. The van der Waals surface area contributed by atoms with E-state index in [0.29, 0.717) is 16.8 Å². The molecule has 0 unspecified atom stereocenters. The zero-order chi connectivity index (χ0) is 13.5. The Balaban J connectivity index is 2.88. The van der Waals surface area contributed by atoms with Gasteiger partial charge in [0.15, 0.2) is 5.16 Å². The van der Waals surface area contributed by atoms with Crippen molar-refractivity contribution >= 4 is 23.4 Å². The van der Waals surface area contributed by atoms with Gasteiger partial charge in [-0.15, -0.1) is 0 Å². The second kappa shape index (κ2) is 7.35. The molecule has 4 nitrogen and oxygen atoms in total. The fourth-order valence-electron chi connectivity index (χ4n) is 1.34. The SMILES string of the molecule is CCCNc1cc(N(C)CC(F)F)nc(SC)n1. The van der Waals surface area contributed by atoms with E-state index in [0.717, 1.165) is 13.0 Å². The zero-order valence-electron chi connectivity index (χ0n) is 10.8. The highest BCUT2D eigenvalue weighted by Crippen LogP contribution is 2.20. The summed E-state index contributed by atoms with van der Waals surface area (Å²) in [6.45, 7) is 2.51. The predicted molar refractivity (Wildman–Crippen MR) is 71.9 cm³/mol. The van der Waals surface area contributed by atoms with Crippen molar-refractivity contribution in [2.45, 2.75) is 24.9 Å². The average Bonchev–Trinajstić information content (AvgIpc) is 2.35. The number of thioether (sulfide) groups is 1. The maximum Gasteiger partial charge on any atom is 0.255 e. The first-order valence-corrected chi connectivity index (χ1v) is 6.95. The second-order valence-corrected chi connectivity index (χ2v) is 4.57. The van der Waals surface area contributed by atoms with E-state index in [4.69, 9.17) is 0 Å². The number of aromatic nitrogens is 2. The third kappa shape index (κ3) is 4.64. The van der Waals surface area contributed by atoms with Crippen LogP contribution >= 0.6 is 11.8 Å². The molecule has 1 aromatic heterocycles. The maximum absolute atomic E-state index is 12.4. The fraction of sp³-hybridized carbons (Fsp3) is 0.636. The molecule has 0 aliphatic carbocycles. The topological polar surface area (TPSA) is 41.0 Å². The largest absolute Gasteiger partial charge is 0.370 e. The van der Waals surface area contributed by atoms with E-state index >= 15 is 0 Å². The van der Waals surface area contributed by atoms with E-state index < -0.39 is 6.43 Å². The van der Waals surface area contributed by atoms with Gasteiger partial charge in [-0.05, 0) is 12.7 Å². The Bertz CT molecular complexity index is 376. The zero-order valence-corrected chi connectivity index (χ0v) is 11.6. The Morgan fingerprint density at radius 3 is 2.72 bits per heavy atom. The van der Waals surface area contributed by atoms with Crippen molar-refractivity contribution < 1.29 is 8.78 Å². The van der Waals surface area contributed by atoms with Gasteiger partial charge in [-0.1, -0.05) is 18.7 Å². The molecule has 1 rings (SSSR count). The van der Waals surface area contributed by atoms with Crippen molar-refractivity contribution in [2.75, 3.05) is 36.6 Å². The molecule has 0 saturated heterocycles. The molecule has 0 aliphatic heterocycles. The molecule has 0 aromatic carbocycles. The quantitative estimate of drug-likeness (QED) is 0.612. The Labute approximate surface area is 110 Å². The van der Waals surface area contributed by atoms with E-state index in [-0.39, 0.29) is 6.54 Å². The average molecular weight is 276 g/mol. The minimum absolute atomic E-state index is 0.335. The van der Waals surface area contributed by atoms with Crippen LogP contribution in [-0.4, -0.2) is 42.8 Å². The molecular formula is C11H18F2N4S. The lowest BCUT2D eigenvalue weighted by Gasteiger charge is -2.18. The lowest BCUT2D eigenvalue weighted by Crippen LogP contribution is -2.25. The van der Waals surface area contributed by atoms with Crippen molar-refractivity contribution in [3.63, 3.8) is 0 Å². The molecule has 0 fully saturated rings. The van der Waals surface area contributed by atoms with Gasteiger partial charge in [-0.2, -0.15) is 0 Å². The molecule has 0 bridgehead atoms. The molecule has 0 amide bonds. The lowest BCUT2D eigenvalue weighted by atomic mass is 10.4. The normalized spacial score (nSPS) is 10.8. The molecule has 1 aromatic rings. The number of nitrogens with zero attached hydrogens (tertiary/aromatic N) is 3. The van der Waals surface area contributed by atoms with Crippen LogP contribution in [0.1, 0.15) is 13.3 Å². The minimum Gasteiger partial charge on any atom is -0.370 e. The minimum atomic E-state index is -2.38. The number of nitrogens with one attached hydrogen (secondary N) is 1. The van der Waals surface area contributed by atoms with E-state index in [1.807, 2.05) is 13.2 Å². The molecule has 0 aliphatic rings. The van der Waals surface area contributed by atoms with Gasteiger partial charge in [0.25, 0.3) is 6.43 Å². The standard InChI is InChI=1S/C11H18F2N4S/c1-4-5-14-9-6-10(16-11(15-9)18-3)17(2)7-8(12)13/h6,8H,4-5,7H2,1-3H3,(H,14,15,16). The number of halogens is 2. The smallest absolute Gasteiger partial charge is 0.255 e. The van der Waals surface area contributed by atoms with Gasteiger partial charge in [0.1, 0.15) is 11.6 Å². The summed E-state index contributed by atoms with van der Waals surface area (Å²) in [6.07, 6.45) is 0.450. The molecule has 18 heavy (non-hydrogen) atoms. The second-order valence-electron chi connectivity index (χ2n) is 3.80. The number of alkyl halides is 2. The van der Waals surface area contributed by atoms with Gasteiger partial charge in [-0.3, -0.25) is 0 Å². The first-order chi connectivity index (χ1) is 8.56. The molecule has 7 heteroatoms. The molecule has 0 spiro atoms. The summed E-state index contributed by atoms with van der Waals surface area (Å²) < 4.78 is 24.7. The predicted octanol–water partition coefficient (Wildman–Crippen LogP) is 2.72. The van der Waals surface area contributed by atoms with Crippen molar-refractivity contribution in [3.05, 3.63) is 6.07 Å². The Morgan fingerprint density at radius 2 is 2.17 bits per heavy atom. The van der Waals surface area contributed by atoms with E-state index in [1.54, 1.807) is 13.1 Å². The van der Waals surface area contributed by atoms with Gasteiger partial charge in [0, 0.05) is 19.7 Å². The summed E-state index contributed by atoms with van der Waals surface area (Å²) >= 11 is 1.39. The van der Waals surface area contributed by atoms with Crippen molar-refractivity contribution in [2.24, 2.45) is 0 Å². The summed E-state index contributed by atoms with van der Waals surface area (Å²) in [6, 6.07) is 1.69. The van der Waals surface area contributed by atoms with Gasteiger partial charge in [0.2, 0.25) is 0 Å². The number of rotatable bonds is 7. The summed E-state index contributed by atoms with van der Waals surface area (Å²) in [7, 11) is 1.60.